The number of aliphatic hydroxyl groups is 1. The maximum absolute atomic E-state index is 12.0. The molecule has 0 saturated heterocycles. The second-order valence-corrected chi connectivity index (χ2v) is 7.64. The predicted octanol–water partition coefficient (Wildman–Crippen LogP) is 2.65. The molecule has 2 atom stereocenters. The van der Waals surface area contributed by atoms with Gasteiger partial charge in [0.05, 0.1) is 6.10 Å². The molecule has 0 bridgehead atoms. The topological polar surface area (TPSA) is 61.4 Å². The van der Waals surface area contributed by atoms with Crippen LogP contribution in [-0.4, -0.2) is 40.3 Å². The first-order chi connectivity index (χ1) is 9.67. The fourth-order valence-corrected chi connectivity index (χ4v) is 4.47. The predicted molar refractivity (Wildman–Crippen MR) is 84.1 cm³/mol. The zero-order chi connectivity index (χ0) is 14.4. The summed E-state index contributed by atoms with van der Waals surface area (Å²) in [5, 5.41) is 16.4. The Morgan fingerprint density at radius 2 is 1.80 bits per heavy atom. The van der Waals surface area contributed by atoms with E-state index in [4.69, 9.17) is 0 Å². The summed E-state index contributed by atoms with van der Waals surface area (Å²) in [5.41, 5.74) is 0. The molecule has 0 aromatic rings. The second-order valence-electron chi connectivity index (χ2n) is 6.06. The van der Waals surface area contributed by atoms with Crippen molar-refractivity contribution in [2.24, 2.45) is 0 Å². The monoisotopic (exact) mass is 300 g/mol. The molecule has 3 N–H and O–H groups in total. The number of urea groups is 1. The Labute approximate surface area is 126 Å². The molecule has 20 heavy (non-hydrogen) atoms. The van der Waals surface area contributed by atoms with Crippen LogP contribution in [0, 0.1) is 0 Å². The van der Waals surface area contributed by atoms with Gasteiger partial charge in [0.2, 0.25) is 0 Å². The van der Waals surface area contributed by atoms with Crippen LogP contribution in [0.5, 0.6) is 0 Å². The standard InChI is InChI=1S/C15H28N2O2S/c1-2-20-14-5-3-4-12(10-14)17-15(19)16-11-6-8-13(18)9-7-11/h11-14,18H,2-10H2,1H3,(H2,16,17,19). The summed E-state index contributed by atoms with van der Waals surface area (Å²) >= 11 is 2.02. The quantitative estimate of drug-likeness (QED) is 0.748. The third-order valence-corrected chi connectivity index (χ3v) is 5.63. The molecule has 4 nitrogen and oxygen atoms in total. The molecular weight excluding hydrogens is 272 g/mol. The van der Waals surface area contributed by atoms with Gasteiger partial charge in [0.15, 0.2) is 0 Å². The first-order valence-corrected chi connectivity index (χ1v) is 9.09. The van der Waals surface area contributed by atoms with Crippen molar-refractivity contribution in [1.29, 1.82) is 0 Å². The van der Waals surface area contributed by atoms with Gasteiger partial charge in [0, 0.05) is 17.3 Å². The van der Waals surface area contributed by atoms with Crippen molar-refractivity contribution in [3.05, 3.63) is 0 Å². The summed E-state index contributed by atoms with van der Waals surface area (Å²) in [7, 11) is 0. The van der Waals surface area contributed by atoms with E-state index in [2.05, 4.69) is 17.6 Å². The lowest BCUT2D eigenvalue weighted by atomic mass is 9.93. The van der Waals surface area contributed by atoms with Gasteiger partial charge >= 0.3 is 6.03 Å². The number of hydrogen-bond acceptors (Lipinski definition) is 3. The first kappa shape index (κ1) is 16.0. The van der Waals surface area contributed by atoms with Crippen LogP contribution in [0.15, 0.2) is 0 Å². The molecule has 0 radical (unpaired) electrons. The lowest BCUT2D eigenvalue weighted by Crippen LogP contribution is -2.48. The van der Waals surface area contributed by atoms with Crippen molar-refractivity contribution < 1.29 is 9.90 Å². The molecule has 2 aliphatic rings. The van der Waals surface area contributed by atoms with Crippen LogP contribution in [0.25, 0.3) is 0 Å². The van der Waals surface area contributed by atoms with Crippen molar-refractivity contribution in [1.82, 2.24) is 10.6 Å². The minimum atomic E-state index is -0.165. The Kier molecular flexibility index (Phi) is 6.49. The van der Waals surface area contributed by atoms with Crippen LogP contribution in [0.4, 0.5) is 4.79 Å². The highest BCUT2D eigenvalue weighted by Gasteiger charge is 2.25. The molecule has 2 rings (SSSR count). The smallest absolute Gasteiger partial charge is 0.315 e. The fourth-order valence-electron chi connectivity index (χ4n) is 3.30. The summed E-state index contributed by atoms with van der Waals surface area (Å²) < 4.78 is 0. The Hall–Kier alpha value is -0.420. The highest BCUT2D eigenvalue weighted by molar-refractivity contribution is 7.99. The van der Waals surface area contributed by atoms with Gasteiger partial charge in [0.1, 0.15) is 0 Å². The van der Waals surface area contributed by atoms with Crippen LogP contribution >= 0.6 is 11.8 Å². The highest BCUT2D eigenvalue weighted by Crippen LogP contribution is 2.28. The minimum Gasteiger partial charge on any atom is -0.393 e. The summed E-state index contributed by atoms with van der Waals surface area (Å²) in [6.07, 6.45) is 7.97. The Morgan fingerprint density at radius 1 is 1.10 bits per heavy atom. The van der Waals surface area contributed by atoms with Crippen LogP contribution in [0.1, 0.15) is 58.3 Å². The Balaban J connectivity index is 1.68. The molecular formula is C15H28N2O2S. The number of carbonyl (C=O) groups is 1. The molecule has 2 aliphatic carbocycles. The Bertz CT molecular complexity index is 304. The number of aliphatic hydroxyl groups excluding tert-OH is 1. The molecule has 2 unspecified atom stereocenters. The van der Waals surface area contributed by atoms with Crippen molar-refractivity contribution in [2.45, 2.75) is 81.7 Å². The molecule has 116 valence electrons. The van der Waals surface area contributed by atoms with E-state index in [1.165, 1.54) is 12.8 Å². The van der Waals surface area contributed by atoms with E-state index in [1.54, 1.807) is 0 Å². The first-order valence-electron chi connectivity index (χ1n) is 8.04. The van der Waals surface area contributed by atoms with Crippen molar-refractivity contribution in [3.63, 3.8) is 0 Å². The van der Waals surface area contributed by atoms with Crippen molar-refractivity contribution >= 4 is 17.8 Å². The summed E-state index contributed by atoms with van der Waals surface area (Å²) in [6, 6.07) is 0.559. The molecule has 0 aromatic carbocycles. The molecule has 0 spiro atoms. The third kappa shape index (κ3) is 5.17. The molecule has 5 heteroatoms. The maximum Gasteiger partial charge on any atom is 0.315 e. The van der Waals surface area contributed by atoms with Crippen molar-refractivity contribution in [3.8, 4) is 0 Å². The van der Waals surface area contributed by atoms with Gasteiger partial charge < -0.3 is 15.7 Å². The molecule has 2 saturated carbocycles. The average Bonchev–Trinajstić information content (AvgIpc) is 2.42. The van der Waals surface area contributed by atoms with Gasteiger partial charge in [-0.05, 0) is 50.7 Å². The van der Waals surface area contributed by atoms with E-state index in [-0.39, 0.29) is 18.2 Å². The number of hydrogen-bond donors (Lipinski definition) is 3. The lowest BCUT2D eigenvalue weighted by Gasteiger charge is -2.31. The summed E-state index contributed by atoms with van der Waals surface area (Å²) in [4.78, 5) is 12.0. The number of carbonyl (C=O) groups excluding carboxylic acids is 1. The van der Waals surface area contributed by atoms with Crippen LogP contribution in [-0.2, 0) is 0 Å². The molecule has 2 amide bonds. The normalized spacial score (nSPS) is 34.5. The summed E-state index contributed by atoms with van der Waals surface area (Å²) in [5.74, 6) is 1.16. The molecule has 0 aliphatic heterocycles. The van der Waals surface area contributed by atoms with Gasteiger partial charge in [-0.2, -0.15) is 11.8 Å². The highest BCUT2D eigenvalue weighted by atomic mass is 32.2. The number of nitrogens with one attached hydrogen (secondary N) is 2. The van der Waals surface area contributed by atoms with E-state index in [1.807, 2.05) is 11.8 Å². The SMILES string of the molecule is CCSC1CCCC(NC(=O)NC2CCC(O)CC2)C1. The van der Waals surface area contributed by atoms with Crippen LogP contribution in [0.2, 0.25) is 0 Å². The van der Waals surface area contributed by atoms with E-state index in [9.17, 15) is 9.90 Å². The van der Waals surface area contributed by atoms with Gasteiger partial charge in [-0.25, -0.2) is 4.79 Å². The molecule has 0 heterocycles. The third-order valence-electron chi connectivity index (χ3n) is 4.40. The van der Waals surface area contributed by atoms with Crippen LogP contribution < -0.4 is 10.6 Å². The molecule has 0 aromatic heterocycles. The minimum absolute atomic E-state index is 0.0152. The van der Waals surface area contributed by atoms with E-state index in [0.29, 0.717) is 11.3 Å². The van der Waals surface area contributed by atoms with E-state index in [0.717, 1.165) is 44.3 Å². The number of rotatable bonds is 4. The summed E-state index contributed by atoms with van der Waals surface area (Å²) in [6.45, 7) is 2.20. The van der Waals surface area contributed by atoms with Crippen molar-refractivity contribution in [2.75, 3.05) is 5.75 Å². The number of amides is 2. The average molecular weight is 300 g/mol. The van der Waals surface area contributed by atoms with Crippen LogP contribution in [0.3, 0.4) is 0 Å². The Morgan fingerprint density at radius 3 is 2.50 bits per heavy atom. The molecule has 2 fully saturated rings. The fraction of sp³-hybridized carbons (Fsp3) is 0.933. The van der Waals surface area contributed by atoms with Gasteiger partial charge in [-0.15, -0.1) is 0 Å². The van der Waals surface area contributed by atoms with Gasteiger partial charge in [0.25, 0.3) is 0 Å². The largest absolute Gasteiger partial charge is 0.393 e. The zero-order valence-electron chi connectivity index (χ0n) is 12.4. The van der Waals surface area contributed by atoms with E-state index < -0.39 is 0 Å². The second kappa shape index (κ2) is 8.13. The maximum atomic E-state index is 12.0. The van der Waals surface area contributed by atoms with E-state index >= 15 is 0 Å². The van der Waals surface area contributed by atoms with Gasteiger partial charge in [-0.3, -0.25) is 0 Å². The zero-order valence-corrected chi connectivity index (χ0v) is 13.3. The van der Waals surface area contributed by atoms with Gasteiger partial charge in [-0.1, -0.05) is 13.3 Å². The number of thioether (sulfide) groups is 1. The lowest BCUT2D eigenvalue weighted by molar-refractivity contribution is 0.117.